The van der Waals surface area contributed by atoms with Gasteiger partial charge in [0.2, 0.25) is 4.67 Å². The highest BCUT2D eigenvalue weighted by Crippen LogP contribution is 2.74. The molecular weight excluding hydrogens is 417 g/mol. The molecule has 1 aliphatic rings. The minimum atomic E-state index is -2.06. The average molecular weight is 421 g/mol. The van der Waals surface area contributed by atoms with Crippen molar-refractivity contribution in [1.29, 1.82) is 0 Å². The van der Waals surface area contributed by atoms with Crippen LogP contribution in [0.15, 0.2) is 0 Å². The van der Waals surface area contributed by atoms with E-state index in [-0.39, 0.29) is 30.9 Å². The van der Waals surface area contributed by atoms with Crippen molar-refractivity contribution in [2.45, 2.75) is 0 Å². The molecule has 100 valence electrons. The normalized spacial score (nSPS) is 18.1. The maximum Gasteiger partial charge on any atom is 0.222 e. The molecule has 1 aromatic rings. The van der Waals surface area contributed by atoms with Crippen molar-refractivity contribution in [3.8, 4) is 5.75 Å². The van der Waals surface area contributed by atoms with Crippen LogP contribution in [0.5, 0.6) is 5.75 Å². The standard InChI is InChI=1S/C8H4Cl5OPS3/c9-3-4(10)6(12)8(7(13)5(3)11)14-15(16)17-1-2-18-15/h1-2H2. The monoisotopic (exact) mass is 418 g/mol. The number of hydrogen-bond acceptors (Lipinski definition) is 4. The van der Waals surface area contributed by atoms with Gasteiger partial charge in [-0.2, -0.15) is 0 Å². The first-order chi connectivity index (χ1) is 8.36. The highest BCUT2D eigenvalue weighted by Gasteiger charge is 2.30. The number of hydrogen-bond donors (Lipinski definition) is 0. The third-order valence-corrected chi connectivity index (χ3v) is 13.7. The van der Waals surface area contributed by atoms with Crippen molar-refractivity contribution < 1.29 is 4.52 Å². The van der Waals surface area contributed by atoms with Gasteiger partial charge in [-0.15, -0.1) is 0 Å². The Morgan fingerprint density at radius 1 is 0.833 bits per heavy atom. The van der Waals surface area contributed by atoms with Gasteiger partial charge >= 0.3 is 0 Å². The maximum absolute atomic E-state index is 6.08. The van der Waals surface area contributed by atoms with Gasteiger partial charge in [0.15, 0.2) is 5.75 Å². The van der Waals surface area contributed by atoms with E-state index in [0.717, 1.165) is 11.5 Å². The van der Waals surface area contributed by atoms with Gasteiger partial charge in [-0.05, 0) is 11.8 Å². The second-order valence-corrected chi connectivity index (χ2v) is 15.7. The molecule has 0 radical (unpaired) electrons. The molecule has 0 bridgehead atoms. The molecule has 1 aliphatic heterocycles. The Morgan fingerprint density at radius 2 is 1.22 bits per heavy atom. The molecule has 10 heteroatoms. The molecule has 1 fully saturated rings. The zero-order valence-electron chi connectivity index (χ0n) is 8.38. The van der Waals surface area contributed by atoms with Crippen LogP contribution in [0.25, 0.3) is 0 Å². The SMILES string of the molecule is S=P1(Oc2c(Cl)c(Cl)c(Cl)c(Cl)c2Cl)SCCS1. The van der Waals surface area contributed by atoms with Crippen molar-refractivity contribution in [2.24, 2.45) is 0 Å². The largest absolute Gasteiger partial charge is 0.445 e. The van der Waals surface area contributed by atoms with Gasteiger partial charge in [0, 0.05) is 11.5 Å². The van der Waals surface area contributed by atoms with Gasteiger partial charge in [-0.1, -0.05) is 80.8 Å². The van der Waals surface area contributed by atoms with E-state index in [2.05, 4.69) is 0 Å². The zero-order chi connectivity index (χ0) is 13.5. The Balaban J connectivity index is 2.48. The van der Waals surface area contributed by atoms with Gasteiger partial charge < -0.3 is 4.52 Å². The molecule has 0 spiro atoms. The van der Waals surface area contributed by atoms with Crippen LogP contribution in [0.1, 0.15) is 0 Å². The van der Waals surface area contributed by atoms with Crippen LogP contribution in [-0.2, 0) is 11.8 Å². The van der Waals surface area contributed by atoms with E-state index in [4.69, 9.17) is 74.3 Å². The van der Waals surface area contributed by atoms with Crippen molar-refractivity contribution in [1.82, 2.24) is 0 Å². The van der Waals surface area contributed by atoms with Gasteiger partial charge in [-0.25, -0.2) is 0 Å². The number of benzene rings is 1. The first kappa shape index (κ1) is 16.2. The third-order valence-electron chi connectivity index (χ3n) is 1.95. The molecule has 0 atom stereocenters. The topological polar surface area (TPSA) is 9.23 Å². The van der Waals surface area contributed by atoms with E-state index in [1.807, 2.05) is 0 Å². The Hall–Kier alpha value is 1.82. The molecule has 0 aromatic heterocycles. The molecule has 1 aromatic carbocycles. The molecular formula is C8H4Cl5OPS3. The van der Waals surface area contributed by atoms with Crippen molar-refractivity contribution in [3.05, 3.63) is 25.1 Å². The minimum Gasteiger partial charge on any atom is -0.445 e. The molecule has 1 heterocycles. The lowest BCUT2D eigenvalue weighted by molar-refractivity contribution is 0.638. The predicted molar refractivity (Wildman–Crippen MR) is 91.3 cm³/mol. The highest BCUT2D eigenvalue weighted by atomic mass is 35.5. The lowest BCUT2D eigenvalue weighted by atomic mass is 10.3. The van der Waals surface area contributed by atoms with Crippen LogP contribution in [0.2, 0.25) is 25.1 Å². The van der Waals surface area contributed by atoms with E-state index in [1.165, 1.54) is 0 Å². The van der Waals surface area contributed by atoms with Gasteiger partial charge in [0.1, 0.15) is 10.0 Å². The Labute approximate surface area is 143 Å². The molecule has 0 unspecified atom stereocenters. The van der Waals surface area contributed by atoms with E-state index < -0.39 is 4.67 Å². The van der Waals surface area contributed by atoms with Crippen molar-refractivity contribution in [3.63, 3.8) is 0 Å². The smallest absolute Gasteiger partial charge is 0.222 e. The molecule has 1 nitrogen and oxygen atoms in total. The maximum atomic E-state index is 6.08. The molecule has 0 amide bonds. The summed E-state index contributed by atoms with van der Waals surface area (Å²) in [6, 6.07) is 0. The first-order valence-corrected chi connectivity index (χ1v) is 12.2. The van der Waals surface area contributed by atoms with Crippen LogP contribution in [0.3, 0.4) is 0 Å². The number of halogens is 5. The van der Waals surface area contributed by atoms with Crippen LogP contribution >= 0.6 is 85.4 Å². The highest BCUT2D eigenvalue weighted by molar-refractivity contribution is 9.00. The lowest BCUT2D eigenvalue weighted by Gasteiger charge is -2.19. The summed E-state index contributed by atoms with van der Waals surface area (Å²) in [7, 11) is 0. The Morgan fingerprint density at radius 3 is 1.67 bits per heavy atom. The number of rotatable bonds is 2. The molecule has 0 N–H and O–H groups in total. The van der Waals surface area contributed by atoms with Crippen LogP contribution in [-0.4, -0.2) is 11.5 Å². The fourth-order valence-electron chi connectivity index (χ4n) is 1.16. The second kappa shape index (κ2) is 6.29. The summed E-state index contributed by atoms with van der Waals surface area (Å²) in [5.41, 5.74) is 0. The average Bonchev–Trinajstić information content (AvgIpc) is 2.77. The van der Waals surface area contributed by atoms with Crippen molar-refractivity contribution >= 4 is 97.2 Å². The van der Waals surface area contributed by atoms with E-state index >= 15 is 0 Å². The van der Waals surface area contributed by atoms with Crippen LogP contribution in [0.4, 0.5) is 0 Å². The van der Waals surface area contributed by atoms with Crippen LogP contribution in [0, 0.1) is 0 Å². The lowest BCUT2D eigenvalue weighted by Crippen LogP contribution is -1.89. The summed E-state index contributed by atoms with van der Waals surface area (Å²) >= 11 is 38.7. The fourth-order valence-corrected chi connectivity index (χ4v) is 11.3. The predicted octanol–water partition coefficient (Wildman–Crippen LogP) is 7.04. The third kappa shape index (κ3) is 3.18. The molecule has 1 saturated heterocycles. The van der Waals surface area contributed by atoms with E-state index in [9.17, 15) is 0 Å². The zero-order valence-corrected chi connectivity index (χ0v) is 15.5. The Bertz CT molecular complexity index is 513. The fraction of sp³-hybridized carbons (Fsp3) is 0.250. The quantitative estimate of drug-likeness (QED) is 0.288. The van der Waals surface area contributed by atoms with E-state index in [0.29, 0.717) is 0 Å². The van der Waals surface area contributed by atoms with Gasteiger partial charge in [-0.3, -0.25) is 0 Å². The summed E-state index contributed by atoms with van der Waals surface area (Å²) in [6.45, 7) is 0. The minimum absolute atomic E-state index is 0.115. The molecule has 0 aliphatic carbocycles. The van der Waals surface area contributed by atoms with Crippen molar-refractivity contribution in [2.75, 3.05) is 11.5 Å². The first-order valence-electron chi connectivity index (χ1n) is 4.46. The second-order valence-electron chi connectivity index (χ2n) is 3.10. The van der Waals surface area contributed by atoms with E-state index in [1.54, 1.807) is 22.8 Å². The summed E-state index contributed by atoms with van der Waals surface area (Å²) in [4.78, 5) is 0. The van der Waals surface area contributed by atoms with Gasteiger partial charge in [0.05, 0.1) is 15.1 Å². The molecule has 0 saturated carbocycles. The molecule has 2 rings (SSSR count). The summed E-state index contributed by atoms with van der Waals surface area (Å²) in [5.74, 6) is 2.13. The van der Waals surface area contributed by atoms with Crippen LogP contribution < -0.4 is 4.52 Å². The summed E-state index contributed by atoms with van der Waals surface area (Å²) in [5, 5.41) is 0.656. The summed E-state index contributed by atoms with van der Waals surface area (Å²) < 4.78 is 3.74. The summed E-state index contributed by atoms with van der Waals surface area (Å²) in [6.07, 6.45) is 0. The van der Waals surface area contributed by atoms with Gasteiger partial charge in [0.25, 0.3) is 0 Å². The molecule has 18 heavy (non-hydrogen) atoms. The Kier molecular flexibility index (Phi) is 5.66.